The second kappa shape index (κ2) is 7.34. The third kappa shape index (κ3) is 3.53. The molecule has 160 valence electrons. The van der Waals surface area contributed by atoms with E-state index in [1.165, 1.54) is 0 Å². The van der Waals surface area contributed by atoms with Gasteiger partial charge < -0.3 is 0 Å². The molecule has 1 aliphatic heterocycles. The first-order valence-corrected chi connectivity index (χ1v) is 11.9. The molecule has 0 aromatic rings. The summed E-state index contributed by atoms with van der Waals surface area (Å²) in [6.07, 6.45) is 3.93. The number of hydrogen-bond donors (Lipinski definition) is 0. The van der Waals surface area contributed by atoms with Gasteiger partial charge in [-0.3, -0.25) is 4.18 Å². The molecule has 2 fully saturated rings. The Hall–Kier alpha value is -0.0300. The van der Waals surface area contributed by atoms with Gasteiger partial charge in [0.2, 0.25) is 0 Å². The van der Waals surface area contributed by atoms with Crippen molar-refractivity contribution < 1.29 is 38.6 Å². The minimum absolute atomic E-state index is 0.0557. The second-order valence-electron chi connectivity index (χ2n) is 7.22. The van der Waals surface area contributed by atoms with Gasteiger partial charge in [0.25, 0.3) is 20.4 Å². The predicted octanol–water partition coefficient (Wildman–Crippen LogP) is 2.62. The van der Waals surface area contributed by atoms with Gasteiger partial charge in [-0.2, -0.15) is 21.5 Å². The normalized spacial score (nSPS) is 30.2. The molecule has 0 bridgehead atoms. The van der Waals surface area contributed by atoms with Crippen LogP contribution in [0.1, 0.15) is 39.0 Å². The van der Waals surface area contributed by atoms with Crippen LogP contribution in [0.2, 0.25) is 0 Å². The Labute approximate surface area is 159 Å². The summed E-state index contributed by atoms with van der Waals surface area (Å²) in [5.74, 6) is 0.206. The molecule has 2 rings (SSSR count). The Bertz CT molecular complexity index is 772. The maximum Gasteiger partial charge on any atom is 0.410 e. The maximum atomic E-state index is 15.2. The highest BCUT2D eigenvalue weighted by atomic mass is 32.2. The molecule has 5 unspecified atom stereocenters. The topological polar surface area (TPSA) is 80.8 Å². The van der Waals surface area contributed by atoms with E-state index in [2.05, 4.69) is 4.18 Å². The van der Waals surface area contributed by atoms with Crippen molar-refractivity contribution in [2.75, 3.05) is 20.2 Å². The molecule has 6 nitrogen and oxygen atoms in total. The number of hydrogen-bond acceptors (Lipinski definition) is 5. The average Bonchev–Trinajstić information content (AvgIpc) is 2.60. The lowest BCUT2D eigenvalue weighted by molar-refractivity contribution is -0.0736. The molecule has 0 amide bonds. The van der Waals surface area contributed by atoms with Gasteiger partial charge in [-0.05, 0) is 31.6 Å². The molecule has 0 N–H and O–H groups in total. The van der Waals surface area contributed by atoms with Gasteiger partial charge in [0, 0.05) is 13.1 Å². The first kappa shape index (κ1) is 23.3. The number of piperidine rings is 1. The van der Waals surface area contributed by atoms with Crippen molar-refractivity contribution in [1.82, 2.24) is 4.31 Å². The van der Waals surface area contributed by atoms with Crippen LogP contribution in [0.5, 0.6) is 0 Å². The van der Waals surface area contributed by atoms with E-state index in [-0.39, 0.29) is 31.8 Å². The zero-order chi connectivity index (χ0) is 20.9. The SMILES string of the molecule is COS(=O)(=O)C(F)(F)C(F)(P)C(C)(F)S(=O)(=O)N1CCC2CCCCC2C1. The highest BCUT2D eigenvalue weighted by molar-refractivity contribution is 7.91. The minimum Gasteiger partial charge on any atom is -0.269 e. The molecule has 0 radical (unpaired) electrons. The standard InChI is InChI=1S/C14H24F4NO5PS2/c1-12(15,13(16,25)14(17,18)27(22,23)24-2)26(20,21)19-8-7-10-5-3-4-6-11(10)9-19/h10-11H,3-9,25H2,1-2H3. The molecule has 13 heteroatoms. The third-order valence-corrected chi connectivity index (χ3v) is 10.6. The van der Waals surface area contributed by atoms with Crippen molar-refractivity contribution in [1.29, 1.82) is 0 Å². The fraction of sp³-hybridized carbons (Fsp3) is 1.00. The van der Waals surface area contributed by atoms with Gasteiger partial charge in [0.15, 0.2) is 0 Å². The van der Waals surface area contributed by atoms with Crippen molar-refractivity contribution in [3.8, 4) is 0 Å². The molecule has 0 aromatic carbocycles. The fourth-order valence-electron chi connectivity index (χ4n) is 3.76. The minimum atomic E-state index is -5.90. The lowest BCUT2D eigenvalue weighted by Gasteiger charge is -2.44. The Kier molecular flexibility index (Phi) is 6.32. The number of halogens is 4. The zero-order valence-electron chi connectivity index (χ0n) is 15.0. The van der Waals surface area contributed by atoms with E-state index in [1.807, 2.05) is 0 Å². The van der Waals surface area contributed by atoms with Crippen LogP contribution in [-0.4, -0.2) is 57.0 Å². The van der Waals surface area contributed by atoms with Crippen LogP contribution >= 0.6 is 9.24 Å². The van der Waals surface area contributed by atoms with Gasteiger partial charge in [0.1, 0.15) is 0 Å². The van der Waals surface area contributed by atoms with E-state index in [9.17, 15) is 30.0 Å². The van der Waals surface area contributed by atoms with E-state index in [4.69, 9.17) is 0 Å². The van der Waals surface area contributed by atoms with Crippen LogP contribution in [-0.2, 0) is 24.3 Å². The molecular formula is C14H24F4NO5PS2. The number of alkyl halides is 4. The van der Waals surface area contributed by atoms with E-state index in [0.29, 0.717) is 17.8 Å². The first-order chi connectivity index (χ1) is 12.1. The van der Waals surface area contributed by atoms with Crippen LogP contribution < -0.4 is 0 Å². The molecule has 1 heterocycles. The summed E-state index contributed by atoms with van der Waals surface area (Å²) < 4.78 is 111. The first-order valence-electron chi connectivity index (χ1n) is 8.48. The lowest BCUT2D eigenvalue weighted by Crippen LogP contribution is -2.64. The number of fused-ring (bicyclic) bond motifs is 1. The summed E-state index contributed by atoms with van der Waals surface area (Å²) >= 11 is 0. The van der Waals surface area contributed by atoms with Crippen LogP contribution in [0.25, 0.3) is 0 Å². The van der Waals surface area contributed by atoms with Gasteiger partial charge in [-0.1, -0.05) is 28.5 Å². The van der Waals surface area contributed by atoms with E-state index < -0.39 is 35.8 Å². The second-order valence-corrected chi connectivity index (χ2v) is 12.0. The van der Waals surface area contributed by atoms with Crippen LogP contribution in [0.15, 0.2) is 0 Å². The fourth-order valence-corrected chi connectivity index (χ4v) is 7.19. The Morgan fingerprint density at radius 3 is 2.04 bits per heavy atom. The van der Waals surface area contributed by atoms with Gasteiger partial charge >= 0.3 is 15.4 Å². The summed E-state index contributed by atoms with van der Waals surface area (Å²) in [6.45, 7) is -0.121. The highest BCUT2D eigenvalue weighted by Crippen LogP contribution is 2.54. The van der Waals surface area contributed by atoms with Crippen LogP contribution in [0.3, 0.4) is 0 Å². The van der Waals surface area contributed by atoms with Crippen molar-refractivity contribution in [2.24, 2.45) is 11.8 Å². The average molecular weight is 457 g/mol. The van der Waals surface area contributed by atoms with Crippen LogP contribution in [0, 0.1) is 11.8 Å². The van der Waals surface area contributed by atoms with E-state index >= 15 is 4.39 Å². The summed E-state index contributed by atoms with van der Waals surface area (Å²) in [5, 5.41) is -14.4. The van der Waals surface area contributed by atoms with Crippen LogP contribution in [0.4, 0.5) is 17.6 Å². The molecule has 2 aliphatic rings. The van der Waals surface area contributed by atoms with Crippen molar-refractivity contribution in [3.63, 3.8) is 0 Å². The van der Waals surface area contributed by atoms with E-state index in [1.54, 1.807) is 0 Å². The number of nitrogens with zero attached hydrogens (tertiary/aromatic N) is 1. The van der Waals surface area contributed by atoms with Gasteiger partial charge in [-0.25, -0.2) is 17.2 Å². The van der Waals surface area contributed by atoms with E-state index in [0.717, 1.165) is 34.9 Å². The molecular weight excluding hydrogens is 433 g/mol. The summed E-state index contributed by atoms with van der Waals surface area (Å²) in [5.41, 5.74) is 0. The molecule has 1 saturated heterocycles. The third-order valence-electron chi connectivity index (χ3n) is 5.69. The van der Waals surface area contributed by atoms with Gasteiger partial charge in [0.05, 0.1) is 7.11 Å². The maximum absolute atomic E-state index is 15.2. The van der Waals surface area contributed by atoms with Gasteiger partial charge in [-0.15, -0.1) is 0 Å². The Morgan fingerprint density at radius 2 is 1.52 bits per heavy atom. The largest absolute Gasteiger partial charge is 0.410 e. The lowest BCUT2D eigenvalue weighted by atomic mass is 9.76. The monoisotopic (exact) mass is 457 g/mol. The summed E-state index contributed by atoms with van der Waals surface area (Å²) in [7, 11) is -10.1. The van der Waals surface area contributed by atoms with Crippen molar-refractivity contribution in [2.45, 2.75) is 54.7 Å². The number of sulfonamides is 1. The molecule has 5 atom stereocenters. The Balaban J connectivity index is 2.38. The molecule has 1 aliphatic carbocycles. The zero-order valence-corrected chi connectivity index (χ0v) is 17.8. The molecule has 0 spiro atoms. The molecule has 1 saturated carbocycles. The summed E-state index contributed by atoms with van der Waals surface area (Å²) in [6, 6.07) is 0. The van der Waals surface area contributed by atoms with Crippen molar-refractivity contribution >= 4 is 29.4 Å². The Morgan fingerprint density at radius 1 is 1.00 bits per heavy atom. The predicted molar refractivity (Wildman–Crippen MR) is 94.5 cm³/mol. The number of rotatable bonds is 6. The summed E-state index contributed by atoms with van der Waals surface area (Å²) in [4.78, 5) is 0. The molecule has 27 heavy (non-hydrogen) atoms. The smallest absolute Gasteiger partial charge is 0.269 e. The quantitative estimate of drug-likeness (QED) is 0.348. The molecule has 0 aromatic heterocycles. The van der Waals surface area contributed by atoms with Crippen molar-refractivity contribution in [3.05, 3.63) is 0 Å². The highest BCUT2D eigenvalue weighted by Gasteiger charge is 2.75.